The number of fused-ring (bicyclic) bond motifs is 1. The first-order chi connectivity index (χ1) is 7.84. The fourth-order valence-electron chi connectivity index (χ4n) is 1.76. The first-order valence-corrected chi connectivity index (χ1v) is 4.87. The Kier molecular flexibility index (Phi) is 1.86. The molecule has 2 heterocycles. The number of anilines is 1. The van der Waals surface area contributed by atoms with Gasteiger partial charge in [-0.3, -0.25) is 0 Å². The lowest BCUT2D eigenvalue weighted by Crippen LogP contribution is -1.88. The molecule has 2 aromatic heterocycles. The van der Waals surface area contributed by atoms with Crippen molar-refractivity contribution in [1.82, 2.24) is 9.97 Å². The predicted molar refractivity (Wildman–Crippen MR) is 61.7 cm³/mol. The van der Waals surface area contributed by atoms with Crippen LogP contribution in [0.3, 0.4) is 0 Å². The molecule has 0 radical (unpaired) electrons. The zero-order valence-electron chi connectivity index (χ0n) is 8.42. The van der Waals surface area contributed by atoms with E-state index >= 15 is 0 Å². The highest BCUT2D eigenvalue weighted by atomic mass is 16.3. The van der Waals surface area contributed by atoms with Crippen molar-refractivity contribution in [2.75, 3.05) is 5.73 Å². The number of aromatic nitrogens is 2. The SMILES string of the molecule is Nc1cc(-c2cncnc2)c2occc2c1. The third-order valence-electron chi connectivity index (χ3n) is 2.45. The van der Waals surface area contributed by atoms with Crippen LogP contribution in [-0.2, 0) is 0 Å². The van der Waals surface area contributed by atoms with Crippen LogP contribution in [-0.4, -0.2) is 9.97 Å². The number of nitrogens with zero attached hydrogens (tertiary/aromatic N) is 2. The van der Waals surface area contributed by atoms with Gasteiger partial charge in [-0.2, -0.15) is 0 Å². The van der Waals surface area contributed by atoms with E-state index in [1.54, 1.807) is 18.7 Å². The summed E-state index contributed by atoms with van der Waals surface area (Å²) in [5.74, 6) is 0. The summed E-state index contributed by atoms with van der Waals surface area (Å²) < 4.78 is 5.45. The first kappa shape index (κ1) is 8.91. The Balaban J connectivity index is 2.34. The molecule has 4 nitrogen and oxygen atoms in total. The van der Waals surface area contributed by atoms with Gasteiger partial charge in [-0.1, -0.05) is 0 Å². The number of hydrogen-bond acceptors (Lipinski definition) is 4. The number of benzene rings is 1. The van der Waals surface area contributed by atoms with E-state index in [9.17, 15) is 0 Å². The summed E-state index contributed by atoms with van der Waals surface area (Å²) in [6, 6.07) is 5.63. The van der Waals surface area contributed by atoms with Crippen molar-refractivity contribution in [2.24, 2.45) is 0 Å². The molecule has 0 aliphatic rings. The number of nitrogen functional groups attached to an aromatic ring is 1. The maximum absolute atomic E-state index is 5.84. The molecule has 0 unspecified atom stereocenters. The summed E-state index contributed by atoms with van der Waals surface area (Å²) in [7, 11) is 0. The Labute approximate surface area is 91.7 Å². The van der Waals surface area contributed by atoms with Crippen molar-refractivity contribution in [1.29, 1.82) is 0 Å². The van der Waals surface area contributed by atoms with Crippen LogP contribution in [0.1, 0.15) is 0 Å². The maximum Gasteiger partial charge on any atom is 0.141 e. The van der Waals surface area contributed by atoms with Gasteiger partial charge in [0.05, 0.1) is 6.26 Å². The Bertz CT molecular complexity index is 631. The highest BCUT2D eigenvalue weighted by Gasteiger charge is 2.08. The average Bonchev–Trinajstić information content (AvgIpc) is 2.77. The molecular formula is C12H9N3O. The third kappa shape index (κ3) is 1.32. The van der Waals surface area contributed by atoms with Gasteiger partial charge in [-0.15, -0.1) is 0 Å². The second-order valence-corrected chi connectivity index (χ2v) is 3.53. The van der Waals surface area contributed by atoms with Gasteiger partial charge in [-0.25, -0.2) is 9.97 Å². The molecule has 3 aromatic rings. The van der Waals surface area contributed by atoms with Gasteiger partial charge in [0.15, 0.2) is 0 Å². The van der Waals surface area contributed by atoms with E-state index < -0.39 is 0 Å². The Morgan fingerprint density at radius 1 is 1.12 bits per heavy atom. The van der Waals surface area contributed by atoms with E-state index in [2.05, 4.69) is 9.97 Å². The van der Waals surface area contributed by atoms with Crippen LogP contribution in [0.5, 0.6) is 0 Å². The van der Waals surface area contributed by atoms with Crippen LogP contribution in [0, 0.1) is 0 Å². The smallest absolute Gasteiger partial charge is 0.141 e. The van der Waals surface area contributed by atoms with Gasteiger partial charge in [0.2, 0.25) is 0 Å². The predicted octanol–water partition coefficient (Wildman–Crippen LogP) is 2.47. The zero-order valence-corrected chi connectivity index (χ0v) is 8.42. The van der Waals surface area contributed by atoms with Gasteiger partial charge in [0, 0.05) is 34.6 Å². The van der Waals surface area contributed by atoms with E-state index in [0.717, 1.165) is 22.1 Å². The van der Waals surface area contributed by atoms with Gasteiger partial charge in [0.25, 0.3) is 0 Å². The van der Waals surface area contributed by atoms with Gasteiger partial charge in [0.1, 0.15) is 11.9 Å². The van der Waals surface area contributed by atoms with Crippen LogP contribution in [0.25, 0.3) is 22.1 Å². The molecule has 0 saturated carbocycles. The van der Waals surface area contributed by atoms with Gasteiger partial charge >= 0.3 is 0 Å². The zero-order chi connectivity index (χ0) is 11.0. The van der Waals surface area contributed by atoms with E-state index in [0.29, 0.717) is 5.69 Å². The van der Waals surface area contributed by atoms with E-state index in [1.807, 2.05) is 18.2 Å². The first-order valence-electron chi connectivity index (χ1n) is 4.87. The van der Waals surface area contributed by atoms with E-state index in [-0.39, 0.29) is 0 Å². The van der Waals surface area contributed by atoms with Crippen molar-refractivity contribution >= 4 is 16.7 Å². The molecule has 16 heavy (non-hydrogen) atoms. The highest BCUT2D eigenvalue weighted by Crippen LogP contribution is 2.30. The highest BCUT2D eigenvalue weighted by molar-refractivity contribution is 5.94. The normalized spacial score (nSPS) is 10.8. The quantitative estimate of drug-likeness (QED) is 0.628. The van der Waals surface area contributed by atoms with Crippen LogP contribution >= 0.6 is 0 Å². The lowest BCUT2D eigenvalue weighted by atomic mass is 10.1. The minimum absolute atomic E-state index is 0.702. The Hall–Kier alpha value is -2.36. The van der Waals surface area contributed by atoms with Gasteiger partial charge < -0.3 is 10.2 Å². The molecule has 0 spiro atoms. The molecule has 0 bridgehead atoms. The second kappa shape index (κ2) is 3.34. The molecular weight excluding hydrogens is 202 g/mol. The minimum atomic E-state index is 0.702. The lowest BCUT2D eigenvalue weighted by molar-refractivity contribution is 0.617. The molecule has 0 fully saturated rings. The van der Waals surface area contributed by atoms with Crippen molar-refractivity contribution in [3.63, 3.8) is 0 Å². The van der Waals surface area contributed by atoms with Crippen molar-refractivity contribution in [3.8, 4) is 11.1 Å². The summed E-state index contributed by atoms with van der Waals surface area (Å²) >= 11 is 0. The number of nitrogens with two attached hydrogens (primary N) is 1. The topological polar surface area (TPSA) is 64.9 Å². The van der Waals surface area contributed by atoms with Crippen LogP contribution in [0.2, 0.25) is 0 Å². The van der Waals surface area contributed by atoms with Crippen LogP contribution in [0.15, 0.2) is 47.6 Å². The summed E-state index contributed by atoms with van der Waals surface area (Å²) in [6.45, 7) is 0. The molecule has 0 aliphatic heterocycles. The van der Waals surface area contributed by atoms with E-state index in [1.165, 1.54) is 6.33 Å². The standard InChI is InChI=1S/C12H9N3O/c13-10-3-8-1-2-16-12(8)11(4-10)9-5-14-7-15-6-9/h1-7H,13H2. The summed E-state index contributed by atoms with van der Waals surface area (Å²) in [5, 5.41) is 0.985. The molecule has 4 heteroatoms. The fourth-order valence-corrected chi connectivity index (χ4v) is 1.76. The molecule has 78 valence electrons. The number of furan rings is 1. The lowest BCUT2D eigenvalue weighted by Gasteiger charge is -2.03. The Morgan fingerprint density at radius 2 is 1.94 bits per heavy atom. The molecule has 0 atom stereocenters. The monoisotopic (exact) mass is 211 g/mol. The van der Waals surface area contributed by atoms with Gasteiger partial charge in [-0.05, 0) is 18.2 Å². The second-order valence-electron chi connectivity index (χ2n) is 3.53. The van der Waals surface area contributed by atoms with Crippen molar-refractivity contribution in [3.05, 3.63) is 43.2 Å². The summed E-state index contributed by atoms with van der Waals surface area (Å²) in [4.78, 5) is 7.98. The largest absolute Gasteiger partial charge is 0.464 e. The number of rotatable bonds is 1. The summed E-state index contributed by atoms with van der Waals surface area (Å²) in [6.07, 6.45) is 6.63. The van der Waals surface area contributed by atoms with E-state index in [4.69, 9.17) is 10.2 Å². The summed E-state index contributed by atoms with van der Waals surface area (Å²) in [5.41, 5.74) is 9.16. The average molecular weight is 211 g/mol. The molecule has 3 rings (SSSR count). The van der Waals surface area contributed by atoms with Crippen LogP contribution in [0.4, 0.5) is 5.69 Å². The molecule has 1 aromatic carbocycles. The maximum atomic E-state index is 5.84. The molecule has 0 saturated heterocycles. The molecule has 0 aliphatic carbocycles. The Morgan fingerprint density at radius 3 is 2.75 bits per heavy atom. The molecule has 2 N–H and O–H groups in total. The third-order valence-corrected chi connectivity index (χ3v) is 2.45. The van der Waals surface area contributed by atoms with Crippen LogP contribution < -0.4 is 5.73 Å². The van der Waals surface area contributed by atoms with Crippen molar-refractivity contribution in [2.45, 2.75) is 0 Å². The van der Waals surface area contributed by atoms with Crippen molar-refractivity contribution < 1.29 is 4.42 Å². The number of hydrogen-bond donors (Lipinski definition) is 1. The molecule has 0 amide bonds. The minimum Gasteiger partial charge on any atom is -0.464 e. The fraction of sp³-hybridized carbons (Fsp3) is 0.